The monoisotopic (exact) mass is 302 g/mol. The van der Waals surface area contributed by atoms with Crippen molar-refractivity contribution in [3.05, 3.63) is 35.6 Å². The van der Waals surface area contributed by atoms with Crippen LogP contribution in [0.1, 0.15) is 32.3 Å². The maximum atomic E-state index is 12.8. The van der Waals surface area contributed by atoms with E-state index in [9.17, 15) is 9.18 Å². The fourth-order valence-electron chi connectivity index (χ4n) is 2.11. The van der Waals surface area contributed by atoms with E-state index in [1.165, 1.54) is 12.1 Å². The summed E-state index contributed by atoms with van der Waals surface area (Å²) < 4.78 is 12.8. The maximum absolute atomic E-state index is 12.8. The zero-order chi connectivity index (χ0) is 14.5. The molecule has 2 N–H and O–H groups in total. The summed E-state index contributed by atoms with van der Waals surface area (Å²) in [6.45, 7) is 4.37. The van der Waals surface area contributed by atoms with Crippen molar-refractivity contribution in [2.75, 3.05) is 13.6 Å². The zero-order valence-corrected chi connectivity index (χ0v) is 13.2. The van der Waals surface area contributed by atoms with Crippen molar-refractivity contribution >= 4 is 18.3 Å². The summed E-state index contributed by atoms with van der Waals surface area (Å²) in [5, 5.41) is 0. The summed E-state index contributed by atoms with van der Waals surface area (Å²) in [6.07, 6.45) is 2.25. The average molecular weight is 303 g/mol. The smallest absolute Gasteiger partial charge is 0.242 e. The Hall–Kier alpha value is -1.13. The number of likely N-dealkylation sites (N-methyl/N-ethyl adjacent to an activating group) is 1. The van der Waals surface area contributed by atoms with E-state index in [1.807, 2.05) is 6.92 Å². The lowest BCUT2D eigenvalue weighted by atomic mass is 9.96. The van der Waals surface area contributed by atoms with Crippen LogP contribution in [-0.4, -0.2) is 29.9 Å². The number of amides is 1. The molecule has 1 aromatic carbocycles. The molecule has 0 fully saturated rings. The van der Waals surface area contributed by atoms with E-state index in [1.54, 1.807) is 31.0 Å². The van der Waals surface area contributed by atoms with Crippen molar-refractivity contribution in [2.45, 2.75) is 38.6 Å². The number of benzene rings is 1. The van der Waals surface area contributed by atoms with Gasteiger partial charge in [0.1, 0.15) is 5.82 Å². The third-order valence-corrected chi connectivity index (χ3v) is 3.25. The predicted octanol–water partition coefficient (Wildman–Crippen LogP) is 2.77. The van der Waals surface area contributed by atoms with Gasteiger partial charge in [-0.05, 0) is 37.5 Å². The molecule has 1 atom stereocenters. The van der Waals surface area contributed by atoms with E-state index >= 15 is 0 Å². The van der Waals surface area contributed by atoms with Crippen molar-refractivity contribution in [1.82, 2.24) is 4.90 Å². The molecule has 0 aliphatic carbocycles. The minimum absolute atomic E-state index is 0. The Balaban J connectivity index is 0.00000361. The number of nitrogens with two attached hydrogens (primary N) is 1. The van der Waals surface area contributed by atoms with Gasteiger partial charge in [0, 0.05) is 13.6 Å². The van der Waals surface area contributed by atoms with Gasteiger partial charge < -0.3 is 10.6 Å². The number of hydrogen-bond donors (Lipinski definition) is 1. The number of carbonyl (C=O) groups is 1. The molecule has 5 heteroatoms. The molecular weight excluding hydrogens is 279 g/mol. The molecule has 0 saturated heterocycles. The Morgan fingerprint density at radius 3 is 2.40 bits per heavy atom. The lowest BCUT2D eigenvalue weighted by Gasteiger charge is -2.29. The summed E-state index contributed by atoms with van der Waals surface area (Å²) >= 11 is 0. The number of hydrogen-bond acceptors (Lipinski definition) is 2. The summed E-state index contributed by atoms with van der Waals surface area (Å²) in [4.78, 5) is 13.8. The number of halogens is 2. The van der Waals surface area contributed by atoms with E-state index in [4.69, 9.17) is 5.73 Å². The standard InChI is InChI=1S/C15H23FN2O.ClH/c1-4-10-15(2,17)14(19)18(3)11-9-12-5-7-13(16)8-6-12;/h5-8H,4,9-11,17H2,1-3H3;1H. The van der Waals surface area contributed by atoms with E-state index in [2.05, 4.69) is 0 Å². The molecule has 0 spiro atoms. The molecule has 1 rings (SSSR count). The summed E-state index contributed by atoms with van der Waals surface area (Å²) in [5.41, 5.74) is 6.23. The fourth-order valence-corrected chi connectivity index (χ4v) is 2.11. The highest BCUT2D eigenvalue weighted by molar-refractivity contribution is 5.85. The molecule has 0 saturated carbocycles. The van der Waals surface area contributed by atoms with Crippen LogP contribution in [-0.2, 0) is 11.2 Å². The Kier molecular flexibility index (Phi) is 7.76. The first-order valence-corrected chi connectivity index (χ1v) is 6.65. The van der Waals surface area contributed by atoms with Gasteiger partial charge in [0.15, 0.2) is 0 Å². The van der Waals surface area contributed by atoms with Crippen molar-refractivity contribution in [1.29, 1.82) is 0 Å². The van der Waals surface area contributed by atoms with Crippen molar-refractivity contribution < 1.29 is 9.18 Å². The molecule has 0 radical (unpaired) electrons. The topological polar surface area (TPSA) is 46.3 Å². The Morgan fingerprint density at radius 1 is 1.35 bits per heavy atom. The second kappa shape index (κ2) is 8.22. The van der Waals surface area contributed by atoms with Crippen LogP contribution in [0.15, 0.2) is 24.3 Å². The van der Waals surface area contributed by atoms with Crippen molar-refractivity contribution in [3.8, 4) is 0 Å². The van der Waals surface area contributed by atoms with Crippen LogP contribution in [0, 0.1) is 5.82 Å². The van der Waals surface area contributed by atoms with E-state index in [0.29, 0.717) is 19.4 Å². The zero-order valence-electron chi connectivity index (χ0n) is 12.4. The Morgan fingerprint density at radius 2 is 1.90 bits per heavy atom. The molecule has 0 aliphatic heterocycles. The van der Waals surface area contributed by atoms with E-state index < -0.39 is 5.54 Å². The van der Waals surface area contributed by atoms with Crippen LogP contribution in [0.25, 0.3) is 0 Å². The lowest BCUT2D eigenvalue weighted by molar-refractivity contribution is -0.135. The molecule has 20 heavy (non-hydrogen) atoms. The minimum Gasteiger partial charge on any atom is -0.344 e. The molecule has 1 amide bonds. The molecule has 3 nitrogen and oxygen atoms in total. The highest BCUT2D eigenvalue weighted by Crippen LogP contribution is 2.12. The van der Waals surface area contributed by atoms with Gasteiger partial charge in [-0.1, -0.05) is 25.5 Å². The predicted molar refractivity (Wildman–Crippen MR) is 82.5 cm³/mol. The largest absolute Gasteiger partial charge is 0.344 e. The fraction of sp³-hybridized carbons (Fsp3) is 0.533. The normalized spacial score (nSPS) is 13.2. The summed E-state index contributed by atoms with van der Waals surface area (Å²) in [6, 6.07) is 6.34. The third kappa shape index (κ3) is 5.47. The molecule has 114 valence electrons. The average Bonchev–Trinajstić information content (AvgIpc) is 2.36. The highest BCUT2D eigenvalue weighted by atomic mass is 35.5. The Labute approximate surface area is 126 Å². The molecule has 1 unspecified atom stereocenters. The van der Waals surface area contributed by atoms with Gasteiger partial charge in [-0.3, -0.25) is 4.79 Å². The SMILES string of the molecule is CCCC(C)(N)C(=O)N(C)CCc1ccc(F)cc1.Cl. The van der Waals surface area contributed by atoms with Crippen LogP contribution in [0.5, 0.6) is 0 Å². The van der Waals surface area contributed by atoms with Crippen LogP contribution >= 0.6 is 12.4 Å². The summed E-state index contributed by atoms with van der Waals surface area (Å²) in [7, 11) is 1.76. The van der Waals surface area contributed by atoms with Gasteiger partial charge in [0.05, 0.1) is 5.54 Å². The highest BCUT2D eigenvalue weighted by Gasteiger charge is 2.29. The van der Waals surface area contributed by atoms with Gasteiger partial charge in [0.2, 0.25) is 5.91 Å². The van der Waals surface area contributed by atoms with Gasteiger partial charge >= 0.3 is 0 Å². The first-order chi connectivity index (χ1) is 8.86. The molecular formula is C15H24ClFN2O. The number of rotatable bonds is 6. The molecule has 0 bridgehead atoms. The van der Waals surface area contributed by atoms with Gasteiger partial charge in [-0.25, -0.2) is 4.39 Å². The van der Waals surface area contributed by atoms with E-state index in [-0.39, 0.29) is 24.1 Å². The Bertz CT molecular complexity index is 420. The van der Waals surface area contributed by atoms with Crippen LogP contribution in [0.3, 0.4) is 0 Å². The molecule has 1 aromatic rings. The molecule has 0 heterocycles. The quantitative estimate of drug-likeness (QED) is 0.878. The van der Waals surface area contributed by atoms with Crippen molar-refractivity contribution in [3.63, 3.8) is 0 Å². The van der Waals surface area contributed by atoms with Crippen LogP contribution in [0.2, 0.25) is 0 Å². The number of nitrogens with zero attached hydrogens (tertiary/aromatic N) is 1. The molecule has 0 aromatic heterocycles. The summed E-state index contributed by atoms with van der Waals surface area (Å²) in [5.74, 6) is -0.290. The first-order valence-electron chi connectivity index (χ1n) is 6.65. The second-order valence-electron chi connectivity index (χ2n) is 5.27. The van der Waals surface area contributed by atoms with Gasteiger partial charge in [-0.2, -0.15) is 0 Å². The van der Waals surface area contributed by atoms with Crippen molar-refractivity contribution in [2.24, 2.45) is 5.73 Å². The van der Waals surface area contributed by atoms with Crippen LogP contribution in [0.4, 0.5) is 4.39 Å². The maximum Gasteiger partial charge on any atom is 0.242 e. The third-order valence-electron chi connectivity index (χ3n) is 3.25. The lowest BCUT2D eigenvalue weighted by Crippen LogP contribution is -2.52. The molecule has 0 aliphatic rings. The second-order valence-corrected chi connectivity index (χ2v) is 5.27. The number of carbonyl (C=O) groups excluding carboxylic acids is 1. The van der Waals surface area contributed by atoms with Crippen LogP contribution < -0.4 is 5.73 Å². The van der Waals surface area contributed by atoms with Gasteiger partial charge in [0.25, 0.3) is 0 Å². The van der Waals surface area contributed by atoms with E-state index in [0.717, 1.165) is 12.0 Å². The minimum atomic E-state index is -0.799. The van der Waals surface area contributed by atoms with Gasteiger partial charge in [-0.15, -0.1) is 12.4 Å². The first kappa shape index (κ1) is 18.9.